The minimum atomic E-state index is -0.408. The predicted octanol–water partition coefficient (Wildman–Crippen LogP) is 2.20. The third-order valence-corrected chi connectivity index (χ3v) is 4.47. The van der Waals surface area contributed by atoms with Crippen LogP contribution in [0.2, 0.25) is 0 Å². The number of rotatable bonds is 4. The molecule has 0 radical (unpaired) electrons. The van der Waals surface area contributed by atoms with E-state index in [1.807, 2.05) is 0 Å². The number of carbonyl (C=O) groups excluding carboxylic acids is 1. The average Bonchev–Trinajstić information content (AvgIpc) is 2.83. The van der Waals surface area contributed by atoms with Crippen molar-refractivity contribution in [2.24, 2.45) is 5.73 Å². The Balaban J connectivity index is 1.63. The van der Waals surface area contributed by atoms with Gasteiger partial charge in [-0.25, -0.2) is 4.98 Å². The van der Waals surface area contributed by atoms with E-state index in [-0.39, 0.29) is 0 Å². The summed E-state index contributed by atoms with van der Waals surface area (Å²) in [6, 6.07) is 12.2. The quantitative estimate of drug-likeness (QED) is 0.936. The molecule has 1 aliphatic rings. The molecule has 0 bridgehead atoms. The summed E-state index contributed by atoms with van der Waals surface area (Å²) < 4.78 is 0. The fourth-order valence-electron chi connectivity index (χ4n) is 3.05. The van der Waals surface area contributed by atoms with E-state index in [1.165, 1.54) is 11.1 Å². The number of nitrogens with zero attached hydrogens (tertiary/aromatic N) is 3. The second kappa shape index (κ2) is 7.45. The summed E-state index contributed by atoms with van der Waals surface area (Å²) >= 11 is 0. The predicted molar refractivity (Wildman–Crippen MR) is 96.0 cm³/mol. The highest BCUT2D eigenvalue weighted by atomic mass is 16.1. The number of hydrogen-bond acceptors (Lipinski definition) is 4. The smallest absolute Gasteiger partial charge is 0.248 e. The number of carbonyl (C=O) groups is 1. The van der Waals surface area contributed by atoms with Crippen LogP contribution in [-0.2, 0) is 6.54 Å². The van der Waals surface area contributed by atoms with Crippen molar-refractivity contribution in [3.05, 3.63) is 59.3 Å². The number of amides is 1. The van der Waals surface area contributed by atoms with Crippen molar-refractivity contribution < 1.29 is 4.79 Å². The first-order valence-electron chi connectivity index (χ1n) is 8.40. The standard InChI is InChI=1S/C19H24N4O/c1-15-3-5-16(6-4-15)14-22-9-2-10-23(12-11-22)18-13-17(19(20)24)7-8-21-18/h3-8,13H,2,9-12,14H2,1H3,(H2,20,24). The molecule has 0 spiro atoms. The molecular formula is C19H24N4O. The van der Waals surface area contributed by atoms with E-state index in [0.717, 1.165) is 45.0 Å². The highest BCUT2D eigenvalue weighted by molar-refractivity contribution is 5.93. The molecule has 5 heteroatoms. The first kappa shape index (κ1) is 16.5. The Hall–Kier alpha value is -2.40. The molecule has 24 heavy (non-hydrogen) atoms. The van der Waals surface area contributed by atoms with Crippen molar-refractivity contribution in [1.29, 1.82) is 0 Å². The Morgan fingerprint density at radius 2 is 1.92 bits per heavy atom. The highest BCUT2D eigenvalue weighted by Gasteiger charge is 2.17. The molecule has 0 unspecified atom stereocenters. The van der Waals surface area contributed by atoms with E-state index in [2.05, 4.69) is 46.0 Å². The van der Waals surface area contributed by atoms with Crippen molar-refractivity contribution >= 4 is 11.7 Å². The zero-order chi connectivity index (χ0) is 16.9. The van der Waals surface area contributed by atoms with Crippen LogP contribution in [0.25, 0.3) is 0 Å². The topological polar surface area (TPSA) is 62.5 Å². The summed E-state index contributed by atoms with van der Waals surface area (Å²) in [7, 11) is 0. The van der Waals surface area contributed by atoms with Gasteiger partial charge in [0.05, 0.1) is 0 Å². The third-order valence-electron chi connectivity index (χ3n) is 4.47. The van der Waals surface area contributed by atoms with Gasteiger partial charge in [0.2, 0.25) is 5.91 Å². The maximum absolute atomic E-state index is 11.4. The first-order valence-corrected chi connectivity index (χ1v) is 8.40. The number of anilines is 1. The van der Waals surface area contributed by atoms with Crippen LogP contribution in [0.5, 0.6) is 0 Å². The van der Waals surface area contributed by atoms with Gasteiger partial charge in [-0.05, 0) is 31.0 Å². The van der Waals surface area contributed by atoms with Gasteiger partial charge < -0.3 is 10.6 Å². The largest absolute Gasteiger partial charge is 0.366 e. The first-order chi connectivity index (χ1) is 11.6. The molecule has 1 fully saturated rings. The summed E-state index contributed by atoms with van der Waals surface area (Å²) in [6.45, 7) is 6.99. The Morgan fingerprint density at radius 3 is 2.67 bits per heavy atom. The number of hydrogen-bond donors (Lipinski definition) is 1. The Morgan fingerprint density at radius 1 is 1.12 bits per heavy atom. The van der Waals surface area contributed by atoms with E-state index >= 15 is 0 Å². The minimum Gasteiger partial charge on any atom is -0.366 e. The number of benzene rings is 1. The molecule has 3 rings (SSSR count). The molecule has 1 saturated heterocycles. The fourth-order valence-corrected chi connectivity index (χ4v) is 3.05. The normalized spacial score (nSPS) is 16.0. The fraction of sp³-hybridized carbons (Fsp3) is 0.368. The zero-order valence-electron chi connectivity index (χ0n) is 14.1. The van der Waals surface area contributed by atoms with Crippen molar-refractivity contribution in [1.82, 2.24) is 9.88 Å². The van der Waals surface area contributed by atoms with Crippen molar-refractivity contribution in [3.63, 3.8) is 0 Å². The van der Waals surface area contributed by atoms with Gasteiger partial charge in [-0.2, -0.15) is 0 Å². The molecule has 1 aliphatic heterocycles. The average molecular weight is 324 g/mol. The number of pyridine rings is 1. The Bertz CT molecular complexity index is 699. The lowest BCUT2D eigenvalue weighted by molar-refractivity contribution is 0.1000. The lowest BCUT2D eigenvalue weighted by Crippen LogP contribution is -2.31. The van der Waals surface area contributed by atoms with Gasteiger partial charge in [0.1, 0.15) is 5.82 Å². The molecule has 0 aliphatic carbocycles. The third kappa shape index (κ3) is 4.11. The van der Waals surface area contributed by atoms with Crippen LogP contribution in [0, 0.1) is 6.92 Å². The second-order valence-corrected chi connectivity index (χ2v) is 6.37. The van der Waals surface area contributed by atoms with Gasteiger partial charge in [-0.15, -0.1) is 0 Å². The molecule has 0 saturated carbocycles. The van der Waals surface area contributed by atoms with Crippen LogP contribution in [0.4, 0.5) is 5.82 Å². The molecular weight excluding hydrogens is 300 g/mol. The molecule has 5 nitrogen and oxygen atoms in total. The van der Waals surface area contributed by atoms with Gasteiger partial charge in [-0.3, -0.25) is 9.69 Å². The summed E-state index contributed by atoms with van der Waals surface area (Å²) in [6.07, 6.45) is 2.73. The highest BCUT2D eigenvalue weighted by Crippen LogP contribution is 2.16. The van der Waals surface area contributed by atoms with E-state index in [1.54, 1.807) is 18.3 Å². The summed E-state index contributed by atoms with van der Waals surface area (Å²) in [5.41, 5.74) is 8.53. The van der Waals surface area contributed by atoms with E-state index in [0.29, 0.717) is 5.56 Å². The van der Waals surface area contributed by atoms with E-state index in [9.17, 15) is 4.79 Å². The van der Waals surface area contributed by atoms with Gasteiger partial charge in [0.25, 0.3) is 0 Å². The van der Waals surface area contributed by atoms with E-state index in [4.69, 9.17) is 5.73 Å². The van der Waals surface area contributed by atoms with Gasteiger partial charge in [-0.1, -0.05) is 29.8 Å². The van der Waals surface area contributed by atoms with Crippen LogP contribution >= 0.6 is 0 Å². The lowest BCUT2D eigenvalue weighted by Gasteiger charge is -2.23. The molecule has 0 atom stereocenters. The molecule has 2 aromatic rings. The van der Waals surface area contributed by atoms with E-state index < -0.39 is 5.91 Å². The summed E-state index contributed by atoms with van der Waals surface area (Å²) in [5, 5.41) is 0. The maximum Gasteiger partial charge on any atom is 0.248 e. The summed E-state index contributed by atoms with van der Waals surface area (Å²) in [4.78, 5) is 20.5. The van der Waals surface area contributed by atoms with Crippen LogP contribution in [0.15, 0.2) is 42.6 Å². The van der Waals surface area contributed by atoms with Crippen LogP contribution in [0.3, 0.4) is 0 Å². The lowest BCUT2D eigenvalue weighted by atomic mass is 10.1. The molecule has 2 N–H and O–H groups in total. The zero-order valence-corrected chi connectivity index (χ0v) is 14.1. The number of aromatic nitrogens is 1. The van der Waals surface area contributed by atoms with Crippen LogP contribution in [0.1, 0.15) is 27.9 Å². The number of aryl methyl sites for hydroxylation is 1. The Kier molecular flexibility index (Phi) is 5.11. The number of primary amides is 1. The molecule has 2 heterocycles. The minimum absolute atomic E-state index is 0.408. The molecule has 126 valence electrons. The van der Waals surface area contributed by atoms with Gasteiger partial charge in [0, 0.05) is 44.5 Å². The number of nitrogens with two attached hydrogens (primary N) is 1. The van der Waals surface area contributed by atoms with Crippen molar-refractivity contribution in [3.8, 4) is 0 Å². The summed E-state index contributed by atoms with van der Waals surface area (Å²) in [5.74, 6) is 0.429. The van der Waals surface area contributed by atoms with Crippen molar-refractivity contribution in [2.45, 2.75) is 19.9 Å². The Labute approximate surface area is 143 Å². The monoisotopic (exact) mass is 324 g/mol. The van der Waals surface area contributed by atoms with Gasteiger partial charge >= 0.3 is 0 Å². The van der Waals surface area contributed by atoms with Crippen LogP contribution in [-0.4, -0.2) is 42.0 Å². The molecule has 1 aromatic heterocycles. The van der Waals surface area contributed by atoms with Crippen molar-refractivity contribution in [2.75, 3.05) is 31.1 Å². The molecule has 1 amide bonds. The molecule has 1 aromatic carbocycles. The maximum atomic E-state index is 11.4. The van der Waals surface area contributed by atoms with Gasteiger partial charge in [0.15, 0.2) is 0 Å². The SMILES string of the molecule is Cc1ccc(CN2CCCN(c3cc(C(N)=O)ccn3)CC2)cc1. The van der Waals surface area contributed by atoms with Crippen LogP contribution < -0.4 is 10.6 Å². The second-order valence-electron chi connectivity index (χ2n) is 6.37.